The molecular weight excluding hydrogens is 393 g/mol. The van der Waals surface area contributed by atoms with E-state index >= 15 is 0 Å². The van der Waals surface area contributed by atoms with Gasteiger partial charge in [-0.3, -0.25) is 15.0 Å². The Bertz CT molecular complexity index is 958. The summed E-state index contributed by atoms with van der Waals surface area (Å²) in [5.41, 5.74) is 2.42. The van der Waals surface area contributed by atoms with Crippen LogP contribution in [0.15, 0.2) is 54.9 Å². The molecule has 1 atom stereocenters. The van der Waals surface area contributed by atoms with Gasteiger partial charge in [-0.2, -0.15) is 18.3 Å². The summed E-state index contributed by atoms with van der Waals surface area (Å²) in [6, 6.07) is 11.3. The number of aromatic amines is 1. The number of benzene rings is 1. The molecule has 1 saturated heterocycles. The first-order chi connectivity index (χ1) is 14.5. The molecule has 2 aromatic heterocycles. The van der Waals surface area contributed by atoms with E-state index in [1.54, 1.807) is 12.4 Å². The smallest absolute Gasteiger partial charge is 0.416 e. The van der Waals surface area contributed by atoms with Gasteiger partial charge in [0, 0.05) is 31.1 Å². The second-order valence-corrected chi connectivity index (χ2v) is 7.43. The van der Waals surface area contributed by atoms with Gasteiger partial charge in [0.1, 0.15) is 5.75 Å². The summed E-state index contributed by atoms with van der Waals surface area (Å²) in [5, 5.41) is 7.52. The molecule has 0 unspecified atom stereocenters. The highest BCUT2D eigenvalue weighted by atomic mass is 19.4. The zero-order valence-corrected chi connectivity index (χ0v) is 16.4. The Kier molecular flexibility index (Phi) is 6.03. The molecule has 1 N–H and O–H groups in total. The average Bonchev–Trinajstić information content (AvgIpc) is 3.38. The summed E-state index contributed by atoms with van der Waals surface area (Å²) in [4.78, 5) is 6.48. The third kappa shape index (κ3) is 4.99. The predicted octanol–water partition coefficient (Wildman–Crippen LogP) is 4.78. The third-order valence-electron chi connectivity index (χ3n) is 5.29. The van der Waals surface area contributed by atoms with Crippen molar-refractivity contribution in [3.63, 3.8) is 0 Å². The molecule has 0 bridgehead atoms. The molecule has 1 aliphatic rings. The number of halogens is 3. The molecule has 3 aromatic rings. The fraction of sp³-hybridized carbons (Fsp3) is 0.364. The third-order valence-corrected chi connectivity index (χ3v) is 5.29. The van der Waals surface area contributed by atoms with Crippen molar-refractivity contribution >= 4 is 0 Å². The number of rotatable bonds is 7. The summed E-state index contributed by atoms with van der Waals surface area (Å²) < 4.78 is 43.9. The van der Waals surface area contributed by atoms with Gasteiger partial charge in [0.25, 0.3) is 0 Å². The van der Waals surface area contributed by atoms with Crippen LogP contribution >= 0.6 is 0 Å². The first-order valence-electron chi connectivity index (χ1n) is 9.96. The minimum absolute atomic E-state index is 0.212. The van der Waals surface area contributed by atoms with Crippen molar-refractivity contribution in [3.8, 4) is 5.75 Å². The molecule has 0 spiro atoms. The van der Waals surface area contributed by atoms with Crippen LogP contribution in [0.5, 0.6) is 5.75 Å². The zero-order valence-electron chi connectivity index (χ0n) is 16.4. The molecule has 0 radical (unpaired) electrons. The van der Waals surface area contributed by atoms with Gasteiger partial charge in [-0.25, -0.2) is 0 Å². The number of pyridine rings is 1. The van der Waals surface area contributed by atoms with Crippen molar-refractivity contribution < 1.29 is 17.9 Å². The fourth-order valence-corrected chi connectivity index (χ4v) is 3.79. The maximum Gasteiger partial charge on any atom is 0.416 e. The Labute approximate surface area is 172 Å². The molecule has 1 aliphatic heterocycles. The zero-order chi connectivity index (χ0) is 21.0. The van der Waals surface area contributed by atoms with E-state index in [1.165, 1.54) is 17.7 Å². The molecule has 8 heteroatoms. The van der Waals surface area contributed by atoms with E-state index in [0.717, 1.165) is 49.5 Å². The van der Waals surface area contributed by atoms with Crippen LogP contribution in [0.3, 0.4) is 0 Å². The number of hydrogen-bond acceptors (Lipinski definition) is 4. The molecule has 0 amide bonds. The lowest BCUT2D eigenvalue weighted by Crippen LogP contribution is -2.23. The van der Waals surface area contributed by atoms with Crippen LogP contribution < -0.4 is 4.74 Å². The number of nitrogens with zero attached hydrogens (tertiary/aromatic N) is 3. The highest BCUT2D eigenvalue weighted by Gasteiger charge is 2.30. The molecule has 1 fully saturated rings. The van der Waals surface area contributed by atoms with E-state index in [4.69, 9.17) is 4.74 Å². The van der Waals surface area contributed by atoms with E-state index < -0.39 is 11.7 Å². The molecule has 4 rings (SSSR count). The maximum absolute atomic E-state index is 12.8. The SMILES string of the molecule is FC(F)(F)c1cccc(OCCc2cc([C@H]3CCCN3Cc3ccncc3)n[nH]2)c1. The molecule has 5 nitrogen and oxygen atoms in total. The summed E-state index contributed by atoms with van der Waals surface area (Å²) in [6.07, 6.45) is 1.95. The highest BCUT2D eigenvalue weighted by molar-refractivity contribution is 5.30. The van der Waals surface area contributed by atoms with Crippen LogP contribution in [-0.2, 0) is 19.1 Å². The second kappa shape index (κ2) is 8.87. The molecule has 30 heavy (non-hydrogen) atoms. The Morgan fingerprint density at radius 2 is 1.97 bits per heavy atom. The first-order valence-corrected chi connectivity index (χ1v) is 9.96. The summed E-state index contributed by atoms with van der Waals surface area (Å²) in [5.74, 6) is 0.212. The molecule has 3 heterocycles. The number of aromatic nitrogens is 3. The Morgan fingerprint density at radius 1 is 1.13 bits per heavy atom. The summed E-state index contributed by atoms with van der Waals surface area (Å²) >= 11 is 0. The van der Waals surface area contributed by atoms with Gasteiger partial charge < -0.3 is 4.74 Å². The van der Waals surface area contributed by atoms with Gasteiger partial charge in [0.2, 0.25) is 0 Å². The first kappa shape index (κ1) is 20.4. The molecule has 158 valence electrons. The minimum atomic E-state index is -4.37. The number of nitrogens with one attached hydrogen (secondary N) is 1. The lowest BCUT2D eigenvalue weighted by Gasteiger charge is -2.22. The lowest BCUT2D eigenvalue weighted by atomic mass is 10.1. The standard InChI is InChI=1S/C22H23F3N4O/c23-22(24,25)17-3-1-4-19(13-17)30-12-8-18-14-20(28-27-18)21-5-2-11-29(21)15-16-6-9-26-10-7-16/h1,3-4,6-7,9-10,13-14,21H,2,5,8,11-12,15H2,(H,27,28)/t21-/m1/s1. The molecule has 0 aliphatic carbocycles. The van der Waals surface area contributed by atoms with Crippen LogP contribution in [-0.4, -0.2) is 33.2 Å². The van der Waals surface area contributed by atoms with Gasteiger partial charge in [0.15, 0.2) is 0 Å². The van der Waals surface area contributed by atoms with Crippen molar-refractivity contribution in [1.82, 2.24) is 20.1 Å². The van der Waals surface area contributed by atoms with Crippen LogP contribution in [0, 0.1) is 0 Å². The largest absolute Gasteiger partial charge is 0.493 e. The summed E-state index contributed by atoms with van der Waals surface area (Å²) in [7, 11) is 0. The Balaban J connectivity index is 1.33. The molecule has 1 aromatic carbocycles. The Morgan fingerprint density at radius 3 is 2.77 bits per heavy atom. The van der Waals surface area contributed by atoms with Crippen LogP contribution in [0.1, 0.15) is 41.4 Å². The van der Waals surface area contributed by atoms with Crippen molar-refractivity contribution in [3.05, 3.63) is 77.4 Å². The quantitative estimate of drug-likeness (QED) is 0.602. The van der Waals surface area contributed by atoms with Crippen molar-refractivity contribution in [1.29, 1.82) is 0 Å². The van der Waals surface area contributed by atoms with Crippen LogP contribution in [0.2, 0.25) is 0 Å². The maximum atomic E-state index is 12.8. The number of likely N-dealkylation sites (tertiary alicyclic amines) is 1. The lowest BCUT2D eigenvalue weighted by molar-refractivity contribution is -0.137. The van der Waals surface area contributed by atoms with E-state index in [-0.39, 0.29) is 18.4 Å². The number of ether oxygens (including phenoxy) is 1. The van der Waals surface area contributed by atoms with Crippen molar-refractivity contribution in [2.24, 2.45) is 0 Å². The van der Waals surface area contributed by atoms with E-state index in [2.05, 4.69) is 20.1 Å². The number of hydrogen-bond donors (Lipinski definition) is 1. The van der Waals surface area contributed by atoms with E-state index in [0.29, 0.717) is 6.42 Å². The summed E-state index contributed by atoms with van der Waals surface area (Å²) in [6.45, 7) is 2.15. The monoisotopic (exact) mass is 416 g/mol. The van der Waals surface area contributed by atoms with Gasteiger partial charge in [0.05, 0.1) is 23.9 Å². The normalized spacial score (nSPS) is 17.4. The van der Waals surface area contributed by atoms with Gasteiger partial charge in [-0.15, -0.1) is 0 Å². The van der Waals surface area contributed by atoms with Crippen molar-refractivity contribution in [2.45, 2.75) is 38.0 Å². The van der Waals surface area contributed by atoms with Crippen LogP contribution in [0.25, 0.3) is 0 Å². The van der Waals surface area contributed by atoms with Gasteiger partial charge in [-0.05, 0) is 61.3 Å². The van der Waals surface area contributed by atoms with Gasteiger partial charge >= 0.3 is 6.18 Å². The number of H-pyrrole nitrogens is 1. The number of alkyl halides is 3. The molecule has 0 saturated carbocycles. The Hall–Kier alpha value is -2.87. The minimum Gasteiger partial charge on any atom is -0.493 e. The average molecular weight is 416 g/mol. The van der Waals surface area contributed by atoms with E-state index in [1.807, 2.05) is 18.2 Å². The van der Waals surface area contributed by atoms with Crippen LogP contribution in [0.4, 0.5) is 13.2 Å². The van der Waals surface area contributed by atoms with Crippen molar-refractivity contribution in [2.75, 3.05) is 13.2 Å². The fourth-order valence-electron chi connectivity index (χ4n) is 3.79. The topological polar surface area (TPSA) is 54.0 Å². The second-order valence-electron chi connectivity index (χ2n) is 7.43. The van der Waals surface area contributed by atoms with Gasteiger partial charge in [-0.1, -0.05) is 6.07 Å². The predicted molar refractivity (Wildman–Crippen MR) is 106 cm³/mol. The highest BCUT2D eigenvalue weighted by Crippen LogP contribution is 2.33. The van der Waals surface area contributed by atoms with E-state index in [9.17, 15) is 13.2 Å². The molecular formula is C22H23F3N4O.